The summed E-state index contributed by atoms with van der Waals surface area (Å²) in [4.78, 5) is 26.4. The van der Waals surface area contributed by atoms with Crippen LogP contribution >= 0.6 is 11.6 Å². The van der Waals surface area contributed by atoms with E-state index in [1.54, 1.807) is 24.3 Å². The minimum Gasteiger partial charge on any atom is -0.495 e. The van der Waals surface area contributed by atoms with Gasteiger partial charge in [0, 0.05) is 11.6 Å². The van der Waals surface area contributed by atoms with E-state index in [0.29, 0.717) is 54.1 Å². The molecule has 32 heavy (non-hydrogen) atoms. The molecule has 8 nitrogen and oxygen atoms in total. The van der Waals surface area contributed by atoms with E-state index in [1.165, 1.54) is 12.0 Å². The highest BCUT2D eigenvalue weighted by Crippen LogP contribution is 2.40. The van der Waals surface area contributed by atoms with Gasteiger partial charge in [-0.1, -0.05) is 11.6 Å². The maximum atomic E-state index is 13.2. The SMILES string of the molecule is CCOc1cc2c(cc1OCC)C(CC(=O)O)N(C(=O)Nc1cc(Cl)ccc1OC)CC2. The summed E-state index contributed by atoms with van der Waals surface area (Å²) in [5, 5.41) is 12.8. The first-order valence-corrected chi connectivity index (χ1v) is 10.8. The largest absolute Gasteiger partial charge is 0.495 e. The van der Waals surface area contributed by atoms with E-state index in [9.17, 15) is 14.7 Å². The number of aliphatic carboxylic acids is 1. The van der Waals surface area contributed by atoms with E-state index in [2.05, 4.69) is 5.32 Å². The topological polar surface area (TPSA) is 97.3 Å². The Balaban J connectivity index is 1.96. The van der Waals surface area contributed by atoms with E-state index >= 15 is 0 Å². The summed E-state index contributed by atoms with van der Waals surface area (Å²) in [6.07, 6.45) is 0.310. The summed E-state index contributed by atoms with van der Waals surface area (Å²) < 4.78 is 16.7. The van der Waals surface area contributed by atoms with Crippen LogP contribution in [0.5, 0.6) is 17.2 Å². The molecular formula is C23H27ClN2O6. The number of methoxy groups -OCH3 is 1. The molecule has 0 saturated carbocycles. The lowest BCUT2D eigenvalue weighted by atomic mass is 9.90. The van der Waals surface area contributed by atoms with Crippen LogP contribution in [0, 0.1) is 0 Å². The highest BCUT2D eigenvalue weighted by atomic mass is 35.5. The first kappa shape index (κ1) is 23.5. The molecule has 2 N–H and O–H groups in total. The Morgan fingerprint density at radius 1 is 1.12 bits per heavy atom. The van der Waals surface area contributed by atoms with Gasteiger partial charge in [-0.25, -0.2) is 4.79 Å². The average molecular weight is 463 g/mol. The number of hydrogen-bond donors (Lipinski definition) is 2. The Morgan fingerprint density at radius 3 is 2.44 bits per heavy atom. The number of benzene rings is 2. The third-order valence-corrected chi connectivity index (χ3v) is 5.43. The van der Waals surface area contributed by atoms with Gasteiger partial charge in [0.2, 0.25) is 0 Å². The molecule has 0 spiro atoms. The standard InChI is InChI=1S/C23H27ClN2O6/c1-4-31-20-10-14-8-9-26(18(13-22(27)28)16(14)12-21(20)32-5-2)23(29)25-17-11-15(24)6-7-19(17)30-3/h6-7,10-12,18H,4-5,8-9,13H2,1-3H3,(H,25,29)(H,27,28). The number of rotatable bonds is 8. The smallest absolute Gasteiger partial charge is 0.322 e. The second kappa shape index (κ2) is 10.5. The Kier molecular flexibility index (Phi) is 7.69. The first-order valence-electron chi connectivity index (χ1n) is 10.4. The van der Waals surface area contributed by atoms with Crippen molar-refractivity contribution in [2.24, 2.45) is 0 Å². The number of anilines is 1. The van der Waals surface area contributed by atoms with Gasteiger partial charge >= 0.3 is 12.0 Å². The van der Waals surface area contributed by atoms with Gasteiger partial charge in [0.1, 0.15) is 5.75 Å². The van der Waals surface area contributed by atoms with Crippen molar-refractivity contribution in [3.8, 4) is 17.2 Å². The third-order valence-electron chi connectivity index (χ3n) is 5.19. The number of carbonyl (C=O) groups is 2. The number of hydrogen-bond acceptors (Lipinski definition) is 5. The summed E-state index contributed by atoms with van der Waals surface area (Å²) in [5.41, 5.74) is 2.08. The van der Waals surface area contributed by atoms with Gasteiger partial charge in [0.05, 0.1) is 38.5 Å². The Labute approximate surface area is 192 Å². The molecule has 0 aromatic heterocycles. The van der Waals surface area contributed by atoms with Crippen LogP contribution in [0.15, 0.2) is 30.3 Å². The van der Waals surface area contributed by atoms with Gasteiger partial charge < -0.3 is 29.5 Å². The molecule has 0 fully saturated rings. The number of fused-ring (bicyclic) bond motifs is 1. The zero-order valence-electron chi connectivity index (χ0n) is 18.3. The summed E-state index contributed by atoms with van der Waals surface area (Å²) in [6, 6.07) is 7.47. The van der Waals surface area contributed by atoms with Gasteiger partial charge in [0.15, 0.2) is 11.5 Å². The van der Waals surface area contributed by atoms with Crippen molar-refractivity contribution in [1.82, 2.24) is 4.90 Å². The molecule has 1 aliphatic heterocycles. The fraction of sp³-hybridized carbons (Fsp3) is 0.391. The van der Waals surface area contributed by atoms with Crippen LogP contribution in [0.25, 0.3) is 0 Å². The van der Waals surface area contributed by atoms with Crippen molar-refractivity contribution >= 4 is 29.3 Å². The normalized spacial score (nSPS) is 15.0. The van der Waals surface area contributed by atoms with E-state index in [4.69, 9.17) is 25.8 Å². The molecule has 0 bridgehead atoms. The molecule has 3 rings (SSSR count). The monoisotopic (exact) mass is 462 g/mol. The highest BCUT2D eigenvalue weighted by Gasteiger charge is 2.34. The van der Waals surface area contributed by atoms with Crippen LogP contribution < -0.4 is 19.5 Å². The number of urea groups is 1. The second-order valence-electron chi connectivity index (χ2n) is 7.20. The molecule has 0 radical (unpaired) electrons. The number of carboxylic acid groups (broad SMARTS) is 1. The Hall–Kier alpha value is -3.13. The van der Waals surface area contributed by atoms with Crippen LogP contribution in [0.4, 0.5) is 10.5 Å². The van der Waals surface area contributed by atoms with Crippen LogP contribution in [0.3, 0.4) is 0 Å². The number of ether oxygens (including phenoxy) is 3. The van der Waals surface area contributed by atoms with Crippen LogP contribution in [-0.4, -0.2) is 48.9 Å². The van der Waals surface area contributed by atoms with Crippen molar-refractivity contribution in [3.63, 3.8) is 0 Å². The molecule has 172 valence electrons. The lowest BCUT2D eigenvalue weighted by Gasteiger charge is -2.37. The minimum atomic E-state index is -1.01. The molecule has 1 heterocycles. The molecular weight excluding hydrogens is 436 g/mol. The van der Waals surface area contributed by atoms with Crippen molar-refractivity contribution in [1.29, 1.82) is 0 Å². The zero-order valence-corrected chi connectivity index (χ0v) is 19.1. The Bertz CT molecular complexity index is 997. The van der Waals surface area contributed by atoms with Crippen molar-refractivity contribution in [2.45, 2.75) is 32.7 Å². The van der Waals surface area contributed by atoms with E-state index in [1.807, 2.05) is 19.9 Å². The predicted molar refractivity (Wildman–Crippen MR) is 121 cm³/mol. The Morgan fingerprint density at radius 2 is 1.81 bits per heavy atom. The minimum absolute atomic E-state index is 0.243. The molecule has 2 amide bonds. The fourth-order valence-electron chi connectivity index (χ4n) is 3.84. The molecule has 2 aromatic rings. The number of amides is 2. The number of carboxylic acids is 1. The van der Waals surface area contributed by atoms with Gasteiger partial charge in [-0.05, 0) is 61.7 Å². The van der Waals surface area contributed by atoms with E-state index < -0.39 is 18.0 Å². The summed E-state index contributed by atoms with van der Waals surface area (Å²) in [6.45, 7) is 5.01. The van der Waals surface area contributed by atoms with Crippen molar-refractivity contribution < 1.29 is 28.9 Å². The summed E-state index contributed by atoms with van der Waals surface area (Å²) >= 11 is 6.07. The molecule has 0 saturated heterocycles. The molecule has 1 aliphatic rings. The third kappa shape index (κ3) is 5.19. The number of nitrogens with zero attached hydrogens (tertiary/aromatic N) is 1. The zero-order chi connectivity index (χ0) is 23.3. The number of halogens is 1. The first-order chi connectivity index (χ1) is 15.4. The highest BCUT2D eigenvalue weighted by molar-refractivity contribution is 6.31. The van der Waals surface area contributed by atoms with Gasteiger partial charge in [-0.3, -0.25) is 4.79 Å². The molecule has 9 heteroatoms. The van der Waals surface area contributed by atoms with Crippen molar-refractivity contribution in [2.75, 3.05) is 32.2 Å². The summed E-state index contributed by atoms with van der Waals surface area (Å²) in [7, 11) is 1.49. The van der Waals surface area contributed by atoms with Crippen molar-refractivity contribution in [3.05, 3.63) is 46.5 Å². The lowest BCUT2D eigenvalue weighted by Crippen LogP contribution is -2.43. The van der Waals surface area contributed by atoms with E-state index in [0.717, 1.165) is 11.1 Å². The summed E-state index contributed by atoms with van der Waals surface area (Å²) in [5.74, 6) is 0.591. The molecule has 2 aromatic carbocycles. The van der Waals surface area contributed by atoms with Crippen LogP contribution in [0.1, 0.15) is 37.4 Å². The number of nitrogens with one attached hydrogen (secondary N) is 1. The van der Waals surface area contributed by atoms with Gasteiger partial charge in [-0.15, -0.1) is 0 Å². The van der Waals surface area contributed by atoms with Crippen LogP contribution in [0.2, 0.25) is 5.02 Å². The maximum absolute atomic E-state index is 13.2. The van der Waals surface area contributed by atoms with E-state index in [-0.39, 0.29) is 6.42 Å². The second-order valence-corrected chi connectivity index (χ2v) is 7.63. The lowest BCUT2D eigenvalue weighted by molar-refractivity contribution is -0.138. The quantitative estimate of drug-likeness (QED) is 0.587. The van der Waals surface area contributed by atoms with Gasteiger partial charge in [0.25, 0.3) is 0 Å². The van der Waals surface area contributed by atoms with Gasteiger partial charge in [-0.2, -0.15) is 0 Å². The predicted octanol–water partition coefficient (Wildman–Crippen LogP) is 4.75. The fourth-order valence-corrected chi connectivity index (χ4v) is 4.01. The maximum Gasteiger partial charge on any atom is 0.322 e. The average Bonchev–Trinajstić information content (AvgIpc) is 2.74. The van der Waals surface area contributed by atoms with Crippen LogP contribution in [-0.2, 0) is 11.2 Å². The molecule has 1 atom stereocenters. The molecule has 0 aliphatic carbocycles. The number of carbonyl (C=O) groups excluding carboxylic acids is 1. The molecule has 1 unspecified atom stereocenters.